The maximum atomic E-state index is 4.42. The van der Waals surface area contributed by atoms with E-state index in [4.69, 9.17) is 0 Å². The zero-order valence-electron chi connectivity index (χ0n) is 11.0. The molecule has 3 rings (SSSR count). The van der Waals surface area contributed by atoms with Gasteiger partial charge in [0, 0.05) is 18.6 Å². The molecule has 0 aliphatic carbocycles. The van der Waals surface area contributed by atoms with Gasteiger partial charge in [0.25, 0.3) is 0 Å². The third kappa shape index (κ3) is 2.14. The molecule has 0 bridgehead atoms. The van der Waals surface area contributed by atoms with Crippen molar-refractivity contribution in [3.63, 3.8) is 0 Å². The maximum Gasteiger partial charge on any atom is 0.0950 e. The van der Waals surface area contributed by atoms with Crippen molar-refractivity contribution in [3.8, 4) is 0 Å². The molecule has 19 heavy (non-hydrogen) atoms. The van der Waals surface area contributed by atoms with Gasteiger partial charge in [-0.25, -0.2) is 0 Å². The molecule has 1 aromatic carbocycles. The van der Waals surface area contributed by atoms with Gasteiger partial charge >= 0.3 is 0 Å². The summed E-state index contributed by atoms with van der Waals surface area (Å²) in [7, 11) is 1.92. The normalized spacial score (nSPS) is 10.8. The number of benzene rings is 1. The van der Waals surface area contributed by atoms with E-state index in [9.17, 15) is 0 Å². The van der Waals surface area contributed by atoms with Crippen molar-refractivity contribution in [2.24, 2.45) is 7.05 Å². The predicted octanol–water partition coefficient (Wildman–Crippen LogP) is 2.67. The largest absolute Gasteiger partial charge is 0.351 e. The third-order valence-corrected chi connectivity index (χ3v) is 3.06. The van der Waals surface area contributed by atoms with Gasteiger partial charge in [-0.15, -0.1) is 0 Å². The lowest BCUT2D eigenvalue weighted by atomic mass is 10.2. The first-order valence-corrected chi connectivity index (χ1v) is 6.28. The van der Waals surface area contributed by atoms with Gasteiger partial charge in [0.05, 0.1) is 28.8 Å². The first kappa shape index (κ1) is 11.6. The number of anilines is 2. The highest BCUT2D eigenvalue weighted by molar-refractivity contribution is 5.92. The van der Waals surface area contributed by atoms with Crippen LogP contribution < -0.4 is 5.32 Å². The van der Waals surface area contributed by atoms with Crippen LogP contribution >= 0.6 is 0 Å². The van der Waals surface area contributed by atoms with E-state index in [1.807, 2.05) is 42.2 Å². The van der Waals surface area contributed by atoms with Crippen molar-refractivity contribution in [3.05, 3.63) is 42.4 Å². The van der Waals surface area contributed by atoms with Crippen molar-refractivity contribution in [1.82, 2.24) is 20.0 Å². The van der Waals surface area contributed by atoms with E-state index >= 15 is 0 Å². The molecule has 2 heterocycles. The molecular formula is C14H15N5. The molecule has 0 amide bonds. The predicted molar refractivity (Wildman–Crippen MR) is 75.4 cm³/mol. The van der Waals surface area contributed by atoms with Gasteiger partial charge in [0.1, 0.15) is 0 Å². The van der Waals surface area contributed by atoms with Gasteiger partial charge in [0.2, 0.25) is 0 Å². The Balaban J connectivity index is 2.05. The Kier molecular flexibility index (Phi) is 2.87. The quantitative estimate of drug-likeness (QED) is 0.779. The highest BCUT2D eigenvalue weighted by Gasteiger charge is 2.08. The molecule has 5 heteroatoms. The molecule has 0 aliphatic rings. The lowest BCUT2D eigenvalue weighted by Gasteiger charge is -2.07. The molecule has 0 saturated carbocycles. The minimum absolute atomic E-state index is 0.884. The average Bonchev–Trinajstić information content (AvgIpc) is 2.79. The number of aromatic nitrogens is 4. The molecule has 3 aromatic rings. The topological polar surface area (TPSA) is 55.6 Å². The minimum Gasteiger partial charge on any atom is -0.351 e. The highest BCUT2D eigenvalue weighted by atomic mass is 15.3. The molecule has 96 valence electrons. The molecule has 0 saturated heterocycles. The monoisotopic (exact) mass is 253 g/mol. The summed E-state index contributed by atoms with van der Waals surface area (Å²) < 4.78 is 1.82. The number of hydrogen-bond donors (Lipinski definition) is 1. The number of rotatable bonds is 3. The van der Waals surface area contributed by atoms with E-state index in [-0.39, 0.29) is 0 Å². The van der Waals surface area contributed by atoms with Crippen LogP contribution in [0.15, 0.2) is 36.7 Å². The van der Waals surface area contributed by atoms with Crippen LogP contribution in [-0.4, -0.2) is 20.0 Å². The van der Waals surface area contributed by atoms with Gasteiger partial charge in [0.15, 0.2) is 0 Å². The van der Waals surface area contributed by atoms with Crippen LogP contribution in [-0.2, 0) is 13.5 Å². The summed E-state index contributed by atoms with van der Waals surface area (Å²) in [6.45, 7) is 2.09. The summed E-state index contributed by atoms with van der Waals surface area (Å²) in [5, 5.41) is 17.0. The number of nitrogens with zero attached hydrogens (tertiary/aromatic N) is 4. The van der Waals surface area contributed by atoms with Crippen LogP contribution in [0.5, 0.6) is 0 Å². The van der Waals surface area contributed by atoms with E-state index in [1.54, 1.807) is 6.20 Å². The van der Waals surface area contributed by atoms with Gasteiger partial charge in [-0.2, -0.15) is 15.3 Å². The Morgan fingerprint density at radius 1 is 1.21 bits per heavy atom. The SMILES string of the molecule is CCc1nn(C)cc1Nc1cnnc2ccccc12. The molecule has 0 fully saturated rings. The number of nitrogens with one attached hydrogen (secondary N) is 1. The zero-order chi connectivity index (χ0) is 13.2. The van der Waals surface area contributed by atoms with E-state index in [2.05, 4.69) is 27.5 Å². The second kappa shape index (κ2) is 4.68. The van der Waals surface area contributed by atoms with Crippen molar-refractivity contribution >= 4 is 22.3 Å². The van der Waals surface area contributed by atoms with E-state index in [0.717, 1.165) is 34.4 Å². The van der Waals surface area contributed by atoms with E-state index in [1.165, 1.54) is 0 Å². The molecule has 1 N–H and O–H groups in total. The van der Waals surface area contributed by atoms with Crippen LogP contribution in [0.4, 0.5) is 11.4 Å². The van der Waals surface area contributed by atoms with Crippen molar-refractivity contribution in [2.75, 3.05) is 5.32 Å². The number of fused-ring (bicyclic) bond motifs is 1. The number of aryl methyl sites for hydroxylation is 2. The summed E-state index contributed by atoms with van der Waals surface area (Å²) in [5.41, 5.74) is 3.90. The minimum atomic E-state index is 0.884. The zero-order valence-corrected chi connectivity index (χ0v) is 11.0. The van der Waals surface area contributed by atoms with Crippen LogP contribution in [0.25, 0.3) is 10.9 Å². The first-order chi connectivity index (χ1) is 9.28. The highest BCUT2D eigenvalue weighted by Crippen LogP contribution is 2.25. The molecule has 0 radical (unpaired) electrons. The fourth-order valence-corrected chi connectivity index (χ4v) is 2.15. The van der Waals surface area contributed by atoms with E-state index < -0.39 is 0 Å². The Bertz CT molecular complexity index is 711. The Labute approximate surface area is 111 Å². The fraction of sp³-hybridized carbons (Fsp3) is 0.214. The number of hydrogen-bond acceptors (Lipinski definition) is 4. The van der Waals surface area contributed by atoms with Crippen molar-refractivity contribution in [1.29, 1.82) is 0 Å². The van der Waals surface area contributed by atoms with Gasteiger partial charge in [-0.05, 0) is 12.5 Å². The fourth-order valence-electron chi connectivity index (χ4n) is 2.15. The third-order valence-electron chi connectivity index (χ3n) is 3.06. The summed E-state index contributed by atoms with van der Waals surface area (Å²) in [6, 6.07) is 7.95. The van der Waals surface area contributed by atoms with Crippen LogP contribution in [0.1, 0.15) is 12.6 Å². The summed E-state index contributed by atoms with van der Waals surface area (Å²) in [5.74, 6) is 0. The summed E-state index contributed by atoms with van der Waals surface area (Å²) in [4.78, 5) is 0. The standard InChI is InChI=1S/C14H15N5/c1-3-11-14(9-19(2)18-11)16-13-8-15-17-12-7-5-4-6-10(12)13/h4-9H,3H2,1-2H3,(H,16,17). The molecular weight excluding hydrogens is 238 g/mol. The second-order valence-corrected chi connectivity index (χ2v) is 4.42. The molecule has 0 atom stereocenters. The summed E-state index contributed by atoms with van der Waals surface area (Å²) in [6.07, 6.45) is 4.61. The molecule has 0 aliphatic heterocycles. The molecule has 2 aromatic heterocycles. The Hall–Kier alpha value is -2.43. The van der Waals surface area contributed by atoms with Crippen molar-refractivity contribution < 1.29 is 0 Å². The van der Waals surface area contributed by atoms with Crippen LogP contribution in [0.3, 0.4) is 0 Å². The van der Waals surface area contributed by atoms with Crippen LogP contribution in [0.2, 0.25) is 0 Å². The van der Waals surface area contributed by atoms with E-state index in [0.29, 0.717) is 0 Å². The molecule has 0 unspecified atom stereocenters. The van der Waals surface area contributed by atoms with Gasteiger partial charge in [-0.1, -0.05) is 25.1 Å². The van der Waals surface area contributed by atoms with Crippen molar-refractivity contribution in [2.45, 2.75) is 13.3 Å². The second-order valence-electron chi connectivity index (χ2n) is 4.42. The lowest BCUT2D eigenvalue weighted by molar-refractivity contribution is 0.746. The molecule has 0 spiro atoms. The Morgan fingerprint density at radius 2 is 2.05 bits per heavy atom. The van der Waals surface area contributed by atoms with Gasteiger partial charge in [-0.3, -0.25) is 4.68 Å². The Morgan fingerprint density at radius 3 is 2.89 bits per heavy atom. The molecule has 5 nitrogen and oxygen atoms in total. The summed E-state index contributed by atoms with van der Waals surface area (Å²) >= 11 is 0. The first-order valence-electron chi connectivity index (χ1n) is 6.28. The average molecular weight is 253 g/mol. The maximum absolute atomic E-state index is 4.42. The van der Waals surface area contributed by atoms with Gasteiger partial charge < -0.3 is 5.32 Å². The lowest BCUT2D eigenvalue weighted by Crippen LogP contribution is -1.96. The van der Waals surface area contributed by atoms with Crippen LogP contribution in [0, 0.1) is 0 Å². The smallest absolute Gasteiger partial charge is 0.0950 e.